The van der Waals surface area contributed by atoms with Gasteiger partial charge in [0.2, 0.25) is 0 Å². The summed E-state index contributed by atoms with van der Waals surface area (Å²) in [5.41, 5.74) is 5.19. The van der Waals surface area contributed by atoms with Crippen molar-refractivity contribution in [3.8, 4) is 5.75 Å². The van der Waals surface area contributed by atoms with Crippen LogP contribution in [0.25, 0.3) is 0 Å². The van der Waals surface area contributed by atoms with Gasteiger partial charge in [-0.25, -0.2) is 4.98 Å². The zero-order valence-electron chi connectivity index (χ0n) is 15.5. The van der Waals surface area contributed by atoms with Crippen molar-refractivity contribution in [2.75, 3.05) is 23.3 Å². The van der Waals surface area contributed by atoms with Gasteiger partial charge in [-0.15, -0.1) is 11.3 Å². The maximum absolute atomic E-state index is 12.4. The molecule has 1 aromatic heterocycles. The van der Waals surface area contributed by atoms with Crippen LogP contribution in [0.4, 0.5) is 11.4 Å². The third-order valence-electron chi connectivity index (χ3n) is 4.24. The minimum Gasteiger partial charge on any atom is -0.487 e. The molecule has 0 atom stereocenters. The molecule has 2 aromatic carbocycles. The van der Waals surface area contributed by atoms with E-state index < -0.39 is 0 Å². The number of ether oxygens (including phenoxy) is 1. The number of carbonyl (C=O) groups is 1. The van der Waals surface area contributed by atoms with Gasteiger partial charge in [0.15, 0.2) is 0 Å². The van der Waals surface area contributed by atoms with Crippen molar-refractivity contribution in [1.29, 1.82) is 0 Å². The topological polar surface area (TPSA) is 54.5 Å². The monoisotopic (exact) mass is 381 g/mol. The molecule has 0 radical (unpaired) electrons. The molecule has 6 heteroatoms. The predicted molar refractivity (Wildman–Crippen MR) is 111 cm³/mol. The third-order valence-corrected chi connectivity index (χ3v) is 4.88. The van der Waals surface area contributed by atoms with Gasteiger partial charge >= 0.3 is 0 Å². The van der Waals surface area contributed by atoms with Crippen molar-refractivity contribution in [2.24, 2.45) is 0 Å². The Morgan fingerprint density at radius 1 is 1.07 bits per heavy atom. The van der Waals surface area contributed by atoms with E-state index in [0.717, 1.165) is 30.2 Å². The van der Waals surface area contributed by atoms with Crippen LogP contribution >= 0.6 is 11.3 Å². The van der Waals surface area contributed by atoms with E-state index in [-0.39, 0.29) is 5.91 Å². The standard InChI is InChI=1S/C21H23N3O2S/c1-3-24(4-2)19-9-7-17(8-10-19)23-21(25)16-5-11-20(12-6-16)26-13-18-14-27-15-22-18/h5-12,14-15H,3-4,13H2,1-2H3,(H,23,25). The number of nitrogens with zero attached hydrogens (tertiary/aromatic N) is 2. The summed E-state index contributed by atoms with van der Waals surface area (Å²) >= 11 is 1.54. The minimum absolute atomic E-state index is 0.142. The van der Waals surface area contributed by atoms with Crippen LogP contribution in [-0.2, 0) is 6.61 Å². The zero-order chi connectivity index (χ0) is 19.1. The Bertz CT molecular complexity index is 842. The molecule has 1 N–H and O–H groups in total. The van der Waals surface area contributed by atoms with Gasteiger partial charge in [-0.05, 0) is 62.4 Å². The van der Waals surface area contributed by atoms with Gasteiger partial charge in [-0.1, -0.05) is 0 Å². The highest BCUT2D eigenvalue weighted by atomic mass is 32.1. The van der Waals surface area contributed by atoms with Gasteiger partial charge in [0.1, 0.15) is 12.4 Å². The molecular weight excluding hydrogens is 358 g/mol. The lowest BCUT2D eigenvalue weighted by atomic mass is 10.2. The van der Waals surface area contributed by atoms with Gasteiger partial charge in [0.25, 0.3) is 5.91 Å². The Morgan fingerprint density at radius 2 is 1.78 bits per heavy atom. The molecule has 1 amide bonds. The number of rotatable bonds is 8. The molecule has 3 rings (SSSR count). The molecule has 0 bridgehead atoms. The number of hydrogen-bond acceptors (Lipinski definition) is 5. The van der Waals surface area contributed by atoms with E-state index >= 15 is 0 Å². The second-order valence-electron chi connectivity index (χ2n) is 5.97. The lowest BCUT2D eigenvalue weighted by molar-refractivity contribution is 0.102. The lowest BCUT2D eigenvalue weighted by Crippen LogP contribution is -2.21. The molecule has 0 aliphatic carbocycles. The fraction of sp³-hybridized carbons (Fsp3) is 0.238. The summed E-state index contributed by atoms with van der Waals surface area (Å²) in [5.74, 6) is 0.569. The average Bonchev–Trinajstić information content (AvgIpc) is 3.22. The number of hydrogen-bond donors (Lipinski definition) is 1. The number of anilines is 2. The summed E-state index contributed by atoms with van der Waals surface area (Å²) in [4.78, 5) is 18.9. The average molecular weight is 382 g/mol. The summed E-state index contributed by atoms with van der Waals surface area (Å²) in [5, 5.41) is 4.88. The fourth-order valence-electron chi connectivity index (χ4n) is 2.72. The normalized spacial score (nSPS) is 10.4. The largest absolute Gasteiger partial charge is 0.487 e. The van der Waals surface area contributed by atoms with Crippen LogP contribution in [-0.4, -0.2) is 24.0 Å². The van der Waals surface area contributed by atoms with E-state index in [0.29, 0.717) is 17.9 Å². The number of nitrogens with one attached hydrogen (secondary N) is 1. The first-order valence-electron chi connectivity index (χ1n) is 8.96. The predicted octanol–water partition coefficient (Wildman–Crippen LogP) is 4.82. The summed E-state index contributed by atoms with van der Waals surface area (Å²) < 4.78 is 5.67. The summed E-state index contributed by atoms with van der Waals surface area (Å²) in [6.45, 7) is 6.60. The van der Waals surface area contributed by atoms with Crippen molar-refractivity contribution in [2.45, 2.75) is 20.5 Å². The zero-order valence-corrected chi connectivity index (χ0v) is 16.3. The molecule has 0 saturated carbocycles. The van der Waals surface area contributed by atoms with Crippen LogP contribution in [0.2, 0.25) is 0 Å². The maximum Gasteiger partial charge on any atom is 0.255 e. The highest BCUT2D eigenvalue weighted by Gasteiger charge is 2.08. The highest BCUT2D eigenvalue weighted by molar-refractivity contribution is 7.07. The van der Waals surface area contributed by atoms with Crippen LogP contribution in [0.3, 0.4) is 0 Å². The summed E-state index contributed by atoms with van der Waals surface area (Å²) in [6, 6.07) is 15.0. The number of aromatic nitrogens is 1. The van der Waals surface area contributed by atoms with Gasteiger partial charge in [0.05, 0.1) is 11.2 Å². The first-order valence-corrected chi connectivity index (χ1v) is 9.90. The molecular formula is C21H23N3O2S. The number of thiazole rings is 1. The minimum atomic E-state index is -0.142. The van der Waals surface area contributed by atoms with Crippen LogP contribution in [0, 0.1) is 0 Å². The molecule has 1 heterocycles. The van der Waals surface area contributed by atoms with Gasteiger partial charge < -0.3 is 15.0 Å². The number of amides is 1. The Hall–Kier alpha value is -2.86. The molecule has 0 fully saturated rings. The van der Waals surface area contributed by atoms with Gasteiger partial charge in [-0.3, -0.25) is 4.79 Å². The highest BCUT2D eigenvalue weighted by Crippen LogP contribution is 2.19. The Labute approximate surface area is 163 Å². The molecule has 3 aromatic rings. The van der Waals surface area contributed by atoms with E-state index in [4.69, 9.17) is 4.74 Å². The molecule has 0 aliphatic rings. The fourth-order valence-corrected chi connectivity index (χ4v) is 3.26. The van der Waals surface area contributed by atoms with Crippen molar-refractivity contribution in [3.63, 3.8) is 0 Å². The van der Waals surface area contributed by atoms with Crippen LogP contribution in [0.15, 0.2) is 59.4 Å². The van der Waals surface area contributed by atoms with Gasteiger partial charge in [0, 0.05) is 35.4 Å². The van der Waals surface area contributed by atoms with Crippen molar-refractivity contribution in [3.05, 3.63) is 70.7 Å². The van der Waals surface area contributed by atoms with Crippen LogP contribution in [0.1, 0.15) is 29.9 Å². The van der Waals surface area contributed by atoms with E-state index in [1.54, 1.807) is 41.1 Å². The molecule has 27 heavy (non-hydrogen) atoms. The summed E-state index contributed by atoms with van der Waals surface area (Å²) in [6.07, 6.45) is 0. The SMILES string of the molecule is CCN(CC)c1ccc(NC(=O)c2ccc(OCc3cscn3)cc2)cc1. The second kappa shape index (κ2) is 9.19. The smallest absolute Gasteiger partial charge is 0.255 e. The Kier molecular flexibility index (Phi) is 6.44. The molecule has 0 spiro atoms. The van der Waals surface area contributed by atoms with Crippen molar-refractivity contribution >= 4 is 28.6 Å². The molecule has 0 aliphatic heterocycles. The molecule has 0 unspecified atom stereocenters. The molecule has 5 nitrogen and oxygen atoms in total. The van der Waals surface area contributed by atoms with Crippen LogP contribution in [0.5, 0.6) is 5.75 Å². The van der Waals surface area contributed by atoms with Gasteiger partial charge in [-0.2, -0.15) is 0 Å². The first kappa shape index (κ1) is 18.9. The molecule has 140 valence electrons. The summed E-state index contributed by atoms with van der Waals surface area (Å²) in [7, 11) is 0. The molecule has 0 saturated heterocycles. The maximum atomic E-state index is 12.4. The van der Waals surface area contributed by atoms with Crippen molar-refractivity contribution in [1.82, 2.24) is 4.98 Å². The lowest BCUT2D eigenvalue weighted by Gasteiger charge is -2.21. The van der Waals surface area contributed by atoms with Crippen molar-refractivity contribution < 1.29 is 9.53 Å². The first-order chi connectivity index (χ1) is 13.2. The quantitative estimate of drug-likeness (QED) is 0.608. The number of benzene rings is 2. The second-order valence-corrected chi connectivity index (χ2v) is 6.68. The van der Waals surface area contributed by atoms with E-state index in [1.807, 2.05) is 29.6 Å². The Morgan fingerprint density at radius 3 is 2.37 bits per heavy atom. The third kappa shape index (κ3) is 5.08. The van der Waals surface area contributed by atoms with Crippen LogP contribution < -0.4 is 15.0 Å². The van der Waals surface area contributed by atoms with E-state index in [9.17, 15) is 4.79 Å². The van der Waals surface area contributed by atoms with E-state index in [2.05, 4.69) is 29.0 Å². The van der Waals surface area contributed by atoms with E-state index in [1.165, 1.54) is 0 Å². The Balaban J connectivity index is 1.57. The number of carbonyl (C=O) groups excluding carboxylic acids is 1.